The average Bonchev–Trinajstić information content (AvgIpc) is 2.85. The molecule has 100 valence electrons. The van der Waals surface area contributed by atoms with E-state index in [1.54, 1.807) is 18.4 Å². The van der Waals surface area contributed by atoms with Crippen LogP contribution in [0.15, 0.2) is 22.8 Å². The van der Waals surface area contributed by atoms with Crippen LogP contribution in [-0.4, -0.2) is 18.4 Å². The fraction of sp³-hybridized carbons (Fsp3) is 0.538. The van der Waals surface area contributed by atoms with Crippen LogP contribution in [0.1, 0.15) is 38.4 Å². The van der Waals surface area contributed by atoms with Gasteiger partial charge in [0.25, 0.3) is 0 Å². The van der Waals surface area contributed by atoms with Crippen molar-refractivity contribution in [3.63, 3.8) is 0 Å². The maximum absolute atomic E-state index is 11.4. The third-order valence-corrected chi connectivity index (χ3v) is 2.46. The van der Waals surface area contributed by atoms with Crippen molar-refractivity contribution < 1.29 is 14.0 Å². The molecule has 0 aliphatic carbocycles. The van der Waals surface area contributed by atoms with Gasteiger partial charge >= 0.3 is 0 Å². The Bertz CT molecular complexity index is 360. The molecule has 0 atom stereocenters. The highest BCUT2D eigenvalue weighted by Gasteiger charge is 2.08. The van der Waals surface area contributed by atoms with Crippen molar-refractivity contribution in [3.8, 4) is 0 Å². The molecule has 1 rings (SSSR count). The van der Waals surface area contributed by atoms with Gasteiger partial charge in [-0.2, -0.15) is 0 Å². The summed E-state index contributed by atoms with van der Waals surface area (Å²) in [7, 11) is 0. The third kappa shape index (κ3) is 6.08. The van der Waals surface area contributed by atoms with Crippen LogP contribution >= 0.6 is 0 Å². The van der Waals surface area contributed by atoms with E-state index in [1.165, 1.54) is 0 Å². The van der Waals surface area contributed by atoms with E-state index >= 15 is 0 Å². The van der Waals surface area contributed by atoms with Crippen molar-refractivity contribution in [2.24, 2.45) is 0 Å². The topological polar surface area (TPSA) is 71.3 Å². The van der Waals surface area contributed by atoms with Crippen LogP contribution in [0.5, 0.6) is 0 Å². The van der Waals surface area contributed by atoms with Gasteiger partial charge in [-0.15, -0.1) is 0 Å². The Morgan fingerprint density at radius 1 is 1.22 bits per heavy atom. The third-order valence-electron chi connectivity index (χ3n) is 2.46. The first-order valence-electron chi connectivity index (χ1n) is 6.28. The number of rotatable bonds is 8. The van der Waals surface area contributed by atoms with Gasteiger partial charge in [-0.3, -0.25) is 9.59 Å². The molecule has 2 amide bonds. The minimum atomic E-state index is -0.292. The van der Waals surface area contributed by atoms with E-state index < -0.39 is 0 Å². The SMILES string of the molecule is CCCCCNC(=O)CC(=O)NCc1ccco1. The van der Waals surface area contributed by atoms with Gasteiger partial charge in [-0.1, -0.05) is 19.8 Å². The molecule has 1 heterocycles. The van der Waals surface area contributed by atoms with Crippen LogP contribution in [0, 0.1) is 0 Å². The Morgan fingerprint density at radius 2 is 2.00 bits per heavy atom. The highest BCUT2D eigenvalue weighted by Crippen LogP contribution is 1.98. The Kier molecular flexibility index (Phi) is 6.61. The van der Waals surface area contributed by atoms with Gasteiger partial charge in [0, 0.05) is 6.54 Å². The zero-order chi connectivity index (χ0) is 13.2. The average molecular weight is 252 g/mol. The summed E-state index contributed by atoms with van der Waals surface area (Å²) in [5.41, 5.74) is 0. The van der Waals surface area contributed by atoms with E-state index in [0.29, 0.717) is 18.8 Å². The largest absolute Gasteiger partial charge is 0.467 e. The Morgan fingerprint density at radius 3 is 2.67 bits per heavy atom. The molecule has 2 N–H and O–H groups in total. The van der Waals surface area contributed by atoms with Gasteiger partial charge in [-0.25, -0.2) is 0 Å². The van der Waals surface area contributed by atoms with Gasteiger partial charge in [0.05, 0.1) is 12.8 Å². The molecule has 0 aliphatic rings. The predicted octanol–water partition coefficient (Wildman–Crippen LogP) is 1.59. The Hall–Kier alpha value is -1.78. The lowest BCUT2D eigenvalue weighted by molar-refractivity contribution is -0.129. The maximum Gasteiger partial charge on any atom is 0.229 e. The van der Waals surface area contributed by atoms with E-state index in [9.17, 15) is 9.59 Å². The minimum absolute atomic E-state index is 0.132. The van der Waals surface area contributed by atoms with Gasteiger partial charge in [-0.05, 0) is 18.6 Å². The first-order valence-corrected chi connectivity index (χ1v) is 6.28. The number of unbranched alkanes of at least 4 members (excludes halogenated alkanes) is 2. The number of nitrogens with one attached hydrogen (secondary N) is 2. The number of hydrogen-bond acceptors (Lipinski definition) is 3. The first kappa shape index (κ1) is 14.3. The smallest absolute Gasteiger partial charge is 0.229 e. The van der Waals surface area contributed by atoms with Crippen LogP contribution in [0.4, 0.5) is 0 Å². The summed E-state index contributed by atoms with van der Waals surface area (Å²) in [6.45, 7) is 3.05. The number of carbonyl (C=O) groups is 2. The van der Waals surface area contributed by atoms with Gasteiger partial charge < -0.3 is 15.1 Å². The monoisotopic (exact) mass is 252 g/mol. The van der Waals surface area contributed by atoms with Crippen LogP contribution in [0.2, 0.25) is 0 Å². The first-order chi connectivity index (χ1) is 8.72. The van der Waals surface area contributed by atoms with Crippen LogP contribution in [-0.2, 0) is 16.1 Å². The van der Waals surface area contributed by atoms with Crippen molar-refractivity contribution in [1.29, 1.82) is 0 Å². The molecule has 0 aliphatic heterocycles. The van der Waals surface area contributed by atoms with E-state index in [0.717, 1.165) is 19.3 Å². The highest BCUT2D eigenvalue weighted by molar-refractivity contribution is 5.96. The fourth-order valence-electron chi connectivity index (χ4n) is 1.47. The molecule has 0 radical (unpaired) electrons. The molecule has 0 unspecified atom stereocenters. The number of furan rings is 1. The zero-order valence-corrected chi connectivity index (χ0v) is 10.7. The van der Waals surface area contributed by atoms with Crippen molar-refractivity contribution in [3.05, 3.63) is 24.2 Å². The summed E-state index contributed by atoms with van der Waals surface area (Å²) >= 11 is 0. The van der Waals surface area contributed by atoms with E-state index in [-0.39, 0.29) is 18.2 Å². The van der Waals surface area contributed by atoms with Crippen LogP contribution in [0.25, 0.3) is 0 Å². The second kappa shape index (κ2) is 8.33. The van der Waals surface area contributed by atoms with Crippen molar-refractivity contribution >= 4 is 11.8 Å². The summed E-state index contributed by atoms with van der Waals surface area (Å²) in [6, 6.07) is 3.52. The van der Waals surface area contributed by atoms with Crippen molar-refractivity contribution in [2.45, 2.75) is 39.2 Å². The summed E-state index contributed by atoms with van der Waals surface area (Å²) < 4.78 is 5.07. The van der Waals surface area contributed by atoms with Crippen molar-refractivity contribution in [2.75, 3.05) is 6.54 Å². The molecule has 1 aromatic heterocycles. The molecule has 0 spiro atoms. The predicted molar refractivity (Wildman–Crippen MR) is 67.7 cm³/mol. The lowest BCUT2D eigenvalue weighted by Crippen LogP contribution is -2.32. The number of amides is 2. The molecule has 5 nitrogen and oxygen atoms in total. The molecular formula is C13H20N2O3. The van der Waals surface area contributed by atoms with E-state index in [1.807, 2.05) is 0 Å². The number of carbonyl (C=O) groups excluding carboxylic acids is 2. The molecule has 0 saturated heterocycles. The van der Waals surface area contributed by atoms with Gasteiger partial charge in [0.15, 0.2) is 0 Å². The van der Waals surface area contributed by atoms with Crippen LogP contribution < -0.4 is 10.6 Å². The van der Waals surface area contributed by atoms with Gasteiger partial charge in [0.2, 0.25) is 11.8 Å². The fourth-order valence-corrected chi connectivity index (χ4v) is 1.47. The minimum Gasteiger partial charge on any atom is -0.467 e. The summed E-state index contributed by atoms with van der Waals surface area (Å²) in [5.74, 6) is 0.147. The van der Waals surface area contributed by atoms with Crippen molar-refractivity contribution in [1.82, 2.24) is 10.6 Å². The molecule has 5 heteroatoms. The molecule has 1 aromatic rings. The quantitative estimate of drug-likeness (QED) is 0.545. The molecular weight excluding hydrogens is 232 g/mol. The van der Waals surface area contributed by atoms with Gasteiger partial charge in [0.1, 0.15) is 12.2 Å². The maximum atomic E-state index is 11.4. The molecule has 18 heavy (non-hydrogen) atoms. The normalized spacial score (nSPS) is 10.1. The lowest BCUT2D eigenvalue weighted by atomic mass is 10.2. The van der Waals surface area contributed by atoms with E-state index in [2.05, 4.69) is 17.6 Å². The summed E-state index contributed by atoms with van der Waals surface area (Å²) in [4.78, 5) is 22.8. The standard InChI is InChI=1S/C13H20N2O3/c1-2-3-4-7-14-12(16)9-13(17)15-10-11-6-5-8-18-11/h5-6,8H,2-4,7,9-10H2,1H3,(H,14,16)(H,15,17). The molecule has 0 bridgehead atoms. The van der Waals surface area contributed by atoms with E-state index in [4.69, 9.17) is 4.42 Å². The molecule has 0 fully saturated rings. The lowest BCUT2D eigenvalue weighted by Gasteiger charge is -2.05. The Balaban J connectivity index is 2.09. The second-order valence-corrected chi connectivity index (χ2v) is 4.09. The zero-order valence-electron chi connectivity index (χ0n) is 10.7. The number of hydrogen-bond donors (Lipinski definition) is 2. The second-order valence-electron chi connectivity index (χ2n) is 4.09. The van der Waals surface area contributed by atoms with Crippen LogP contribution in [0.3, 0.4) is 0 Å². The Labute approximate surface area is 107 Å². The summed E-state index contributed by atoms with van der Waals surface area (Å²) in [6.07, 6.45) is 4.56. The highest BCUT2D eigenvalue weighted by atomic mass is 16.3. The molecule has 0 aromatic carbocycles. The molecule has 0 saturated carbocycles. The summed E-state index contributed by atoms with van der Waals surface area (Å²) in [5, 5.41) is 5.34.